The Morgan fingerprint density at radius 1 is 1.04 bits per heavy atom. The summed E-state index contributed by atoms with van der Waals surface area (Å²) in [7, 11) is 0. The molecule has 0 fully saturated rings. The maximum absolute atomic E-state index is 14.1. The van der Waals surface area contributed by atoms with Gasteiger partial charge in [-0.25, -0.2) is 9.37 Å². The lowest BCUT2D eigenvalue weighted by Gasteiger charge is -2.28. The maximum Gasteiger partial charge on any atom is 0.257 e. The minimum atomic E-state index is -0.507. The van der Waals surface area contributed by atoms with E-state index in [1.165, 1.54) is 23.9 Å². The third kappa shape index (κ3) is 3.37. The molecule has 1 atom stereocenters. The first-order valence-electron chi connectivity index (χ1n) is 8.89. The number of hydrogen-bond acceptors (Lipinski definition) is 5. The molecule has 3 aromatic carbocycles. The molecule has 0 spiro atoms. The zero-order chi connectivity index (χ0) is 18.9. The lowest BCUT2D eigenvalue weighted by atomic mass is 10.1. The van der Waals surface area contributed by atoms with E-state index in [1.54, 1.807) is 0 Å². The number of hydrogen-bond donors (Lipinski definition) is 0. The summed E-state index contributed by atoms with van der Waals surface area (Å²) in [5, 5.41) is 0.547. The van der Waals surface area contributed by atoms with E-state index in [0.29, 0.717) is 28.9 Å². The van der Waals surface area contributed by atoms with Crippen LogP contribution in [0.25, 0.3) is 11.1 Å². The molecule has 2 heterocycles. The Morgan fingerprint density at radius 3 is 2.71 bits per heavy atom. The SMILES string of the molecule is Fc1cc2c(c(CSc3nc4ccccc4o3)c1)O[C@@H](c1ccccc1)OC2. The predicted octanol–water partition coefficient (Wildman–Crippen LogP) is 5.87. The molecule has 1 aliphatic heterocycles. The van der Waals surface area contributed by atoms with E-state index >= 15 is 0 Å². The van der Waals surface area contributed by atoms with Crippen LogP contribution in [0.15, 0.2) is 76.4 Å². The zero-order valence-corrected chi connectivity index (χ0v) is 15.6. The fourth-order valence-corrected chi connectivity index (χ4v) is 4.02. The molecule has 5 rings (SSSR count). The van der Waals surface area contributed by atoms with Gasteiger partial charge in [0.2, 0.25) is 6.29 Å². The van der Waals surface area contributed by atoms with E-state index in [1.807, 2.05) is 54.6 Å². The highest BCUT2D eigenvalue weighted by atomic mass is 32.2. The van der Waals surface area contributed by atoms with E-state index in [2.05, 4.69) is 4.98 Å². The number of para-hydroxylation sites is 2. The minimum absolute atomic E-state index is 0.299. The van der Waals surface area contributed by atoms with Crippen molar-refractivity contribution in [2.24, 2.45) is 0 Å². The molecule has 6 heteroatoms. The van der Waals surface area contributed by atoms with Gasteiger partial charge in [-0.15, -0.1) is 0 Å². The van der Waals surface area contributed by atoms with Crippen LogP contribution in [0, 0.1) is 5.82 Å². The Bertz CT molecular complexity index is 1100. The van der Waals surface area contributed by atoms with Crippen molar-refractivity contribution in [1.82, 2.24) is 4.98 Å². The number of benzene rings is 3. The first kappa shape index (κ1) is 17.3. The number of thioether (sulfide) groups is 1. The van der Waals surface area contributed by atoms with Crippen molar-refractivity contribution in [3.05, 3.63) is 89.2 Å². The molecule has 4 aromatic rings. The molecule has 0 bridgehead atoms. The second kappa shape index (κ2) is 7.30. The van der Waals surface area contributed by atoms with Crippen LogP contribution in [0.2, 0.25) is 0 Å². The van der Waals surface area contributed by atoms with Gasteiger partial charge in [0, 0.05) is 22.4 Å². The maximum atomic E-state index is 14.1. The van der Waals surface area contributed by atoms with Crippen LogP contribution in [0.3, 0.4) is 0 Å². The fraction of sp³-hybridized carbons (Fsp3) is 0.136. The standard InChI is InChI=1S/C22H16FNO3S/c23-17-10-15-12-25-21(14-6-2-1-3-7-14)27-20(15)16(11-17)13-28-22-24-18-8-4-5-9-19(18)26-22/h1-11,21H,12-13H2/t21-/m0/s1. The molecule has 1 aliphatic rings. The number of nitrogens with zero attached hydrogens (tertiary/aromatic N) is 1. The normalized spacial score (nSPS) is 16.0. The second-order valence-corrected chi connectivity index (χ2v) is 7.39. The lowest BCUT2D eigenvalue weighted by molar-refractivity contribution is -0.112. The fourth-order valence-electron chi connectivity index (χ4n) is 3.21. The van der Waals surface area contributed by atoms with Crippen LogP contribution in [0.4, 0.5) is 4.39 Å². The average Bonchev–Trinajstić information content (AvgIpc) is 3.15. The Labute approximate surface area is 165 Å². The highest BCUT2D eigenvalue weighted by Crippen LogP contribution is 2.39. The molecular weight excluding hydrogens is 377 g/mol. The molecule has 4 nitrogen and oxygen atoms in total. The van der Waals surface area contributed by atoms with Gasteiger partial charge in [-0.05, 0) is 24.3 Å². The van der Waals surface area contributed by atoms with Crippen LogP contribution in [0.1, 0.15) is 23.0 Å². The van der Waals surface area contributed by atoms with Gasteiger partial charge in [-0.3, -0.25) is 0 Å². The summed E-state index contributed by atoms with van der Waals surface area (Å²) in [4.78, 5) is 4.46. The summed E-state index contributed by atoms with van der Waals surface area (Å²) in [6.07, 6.45) is -0.507. The highest BCUT2D eigenvalue weighted by molar-refractivity contribution is 7.98. The van der Waals surface area contributed by atoms with Crippen LogP contribution >= 0.6 is 11.8 Å². The number of oxazole rings is 1. The van der Waals surface area contributed by atoms with Crippen molar-refractivity contribution in [3.63, 3.8) is 0 Å². The average molecular weight is 393 g/mol. The first-order chi connectivity index (χ1) is 13.8. The summed E-state index contributed by atoms with van der Waals surface area (Å²) < 4.78 is 31.7. The summed E-state index contributed by atoms with van der Waals surface area (Å²) >= 11 is 1.41. The molecule has 1 aromatic heterocycles. The molecule has 0 radical (unpaired) electrons. The largest absolute Gasteiger partial charge is 0.460 e. The smallest absolute Gasteiger partial charge is 0.257 e. The molecule has 0 saturated heterocycles. The summed E-state index contributed by atoms with van der Waals surface area (Å²) in [5.74, 6) is 0.844. The quantitative estimate of drug-likeness (QED) is 0.406. The molecule has 0 saturated carbocycles. The summed E-state index contributed by atoms with van der Waals surface area (Å²) in [6.45, 7) is 0.299. The van der Waals surface area contributed by atoms with Gasteiger partial charge >= 0.3 is 0 Å². The Morgan fingerprint density at radius 2 is 1.86 bits per heavy atom. The molecule has 28 heavy (non-hydrogen) atoms. The second-order valence-electron chi connectivity index (χ2n) is 6.46. The van der Waals surface area contributed by atoms with E-state index in [0.717, 1.165) is 22.2 Å². The monoisotopic (exact) mass is 393 g/mol. The van der Waals surface area contributed by atoms with Crippen molar-refractivity contribution >= 4 is 22.9 Å². The van der Waals surface area contributed by atoms with Gasteiger partial charge < -0.3 is 13.9 Å². The highest BCUT2D eigenvalue weighted by Gasteiger charge is 2.25. The van der Waals surface area contributed by atoms with Gasteiger partial charge in [0.25, 0.3) is 5.22 Å². The number of rotatable bonds is 4. The van der Waals surface area contributed by atoms with Gasteiger partial charge in [-0.1, -0.05) is 54.2 Å². The zero-order valence-electron chi connectivity index (χ0n) is 14.8. The van der Waals surface area contributed by atoms with Crippen molar-refractivity contribution in [3.8, 4) is 5.75 Å². The van der Waals surface area contributed by atoms with Crippen LogP contribution in [-0.4, -0.2) is 4.98 Å². The number of ether oxygens (including phenoxy) is 2. The van der Waals surface area contributed by atoms with E-state index < -0.39 is 6.29 Å². The molecule has 0 unspecified atom stereocenters. The van der Waals surface area contributed by atoms with Gasteiger partial charge in [0.1, 0.15) is 17.1 Å². The van der Waals surface area contributed by atoms with Gasteiger partial charge in [0.05, 0.1) is 6.61 Å². The molecule has 140 valence electrons. The molecule has 0 aliphatic carbocycles. The molecule has 0 N–H and O–H groups in total. The van der Waals surface area contributed by atoms with E-state index in [9.17, 15) is 4.39 Å². The van der Waals surface area contributed by atoms with Crippen molar-refractivity contribution in [1.29, 1.82) is 0 Å². The Hall–Kier alpha value is -2.83. The third-order valence-electron chi connectivity index (χ3n) is 4.52. The van der Waals surface area contributed by atoms with Gasteiger partial charge in [-0.2, -0.15) is 0 Å². The number of fused-ring (bicyclic) bond motifs is 2. The number of halogens is 1. The van der Waals surface area contributed by atoms with Crippen LogP contribution < -0.4 is 4.74 Å². The first-order valence-corrected chi connectivity index (χ1v) is 9.88. The summed E-state index contributed by atoms with van der Waals surface area (Å²) in [6, 6.07) is 20.3. The summed E-state index contributed by atoms with van der Waals surface area (Å²) in [5.41, 5.74) is 3.93. The van der Waals surface area contributed by atoms with Crippen LogP contribution in [0.5, 0.6) is 5.75 Å². The van der Waals surface area contributed by atoms with Crippen molar-refractivity contribution in [2.45, 2.75) is 23.9 Å². The minimum Gasteiger partial charge on any atom is -0.460 e. The molecule has 0 amide bonds. The third-order valence-corrected chi connectivity index (χ3v) is 5.40. The van der Waals surface area contributed by atoms with E-state index in [4.69, 9.17) is 13.9 Å². The predicted molar refractivity (Wildman–Crippen MR) is 105 cm³/mol. The van der Waals surface area contributed by atoms with Crippen molar-refractivity contribution in [2.75, 3.05) is 0 Å². The topological polar surface area (TPSA) is 44.5 Å². The Kier molecular flexibility index (Phi) is 4.50. The van der Waals surface area contributed by atoms with E-state index in [-0.39, 0.29) is 5.82 Å². The van der Waals surface area contributed by atoms with Crippen molar-refractivity contribution < 1.29 is 18.3 Å². The molecular formula is C22H16FNO3S. The number of aromatic nitrogens is 1. The van der Waals surface area contributed by atoms with Gasteiger partial charge in [0.15, 0.2) is 5.58 Å². The lowest BCUT2D eigenvalue weighted by Crippen LogP contribution is -2.19. The van der Waals surface area contributed by atoms with Crippen LogP contribution in [-0.2, 0) is 17.1 Å². The Balaban J connectivity index is 1.41.